The molecule has 0 unspecified atom stereocenters. The van der Waals surface area contributed by atoms with Crippen molar-refractivity contribution in [2.75, 3.05) is 31.1 Å². The van der Waals surface area contributed by atoms with Crippen LogP contribution in [0.25, 0.3) is 5.70 Å². The topological polar surface area (TPSA) is 67.6 Å². The molecule has 2 aliphatic heterocycles. The minimum Gasteiger partial charge on any atom is -0.335 e. The maximum Gasteiger partial charge on any atom is 0.267 e. The summed E-state index contributed by atoms with van der Waals surface area (Å²) in [5.74, 6) is -1.16. The number of amides is 2. The Morgan fingerprint density at radius 3 is 2.29 bits per heavy atom. The lowest BCUT2D eigenvalue weighted by molar-refractivity contribution is -0.128. The van der Waals surface area contributed by atoms with Gasteiger partial charge in [-0.05, 0) is 42.0 Å². The Morgan fingerprint density at radius 2 is 1.61 bits per heavy atom. The largest absolute Gasteiger partial charge is 0.335 e. The third kappa shape index (κ3) is 5.17. The number of nitrogens with zero attached hydrogens (tertiary/aromatic N) is 4. The van der Waals surface area contributed by atoms with Crippen LogP contribution in [0.4, 0.5) is 10.1 Å². The number of hydrogen-bond acceptors (Lipinski definition) is 5. The highest BCUT2D eigenvalue weighted by Crippen LogP contribution is 2.45. The molecule has 1 saturated heterocycles. The summed E-state index contributed by atoms with van der Waals surface area (Å²) >= 11 is 7.61. The molecule has 0 aromatic heterocycles. The molecular weight excluding hydrogens is 523 g/mol. The number of nitriles is 1. The predicted octanol–water partition coefficient (Wildman–Crippen LogP) is 5.75. The van der Waals surface area contributed by atoms with Crippen molar-refractivity contribution in [2.24, 2.45) is 0 Å². The fraction of sp³-hybridized carbons (Fsp3) is 0.138. The summed E-state index contributed by atoms with van der Waals surface area (Å²) in [4.78, 5) is 31.4. The van der Waals surface area contributed by atoms with Crippen LogP contribution in [0, 0.1) is 17.1 Å². The Hall–Kier alpha value is -4.06. The van der Waals surface area contributed by atoms with Gasteiger partial charge in [0.2, 0.25) is 0 Å². The molecule has 1 fully saturated rings. The Balaban J connectivity index is 1.40. The van der Waals surface area contributed by atoms with Crippen molar-refractivity contribution >= 4 is 46.6 Å². The molecule has 0 atom stereocenters. The van der Waals surface area contributed by atoms with E-state index in [9.17, 15) is 19.2 Å². The van der Waals surface area contributed by atoms with Crippen molar-refractivity contribution in [1.29, 1.82) is 5.26 Å². The lowest BCUT2D eigenvalue weighted by Crippen LogP contribution is -2.51. The average Bonchev–Trinajstić information content (AvgIpc) is 3.38. The first-order valence-corrected chi connectivity index (χ1v) is 13.2. The number of carbonyl (C=O) groups is 2. The van der Waals surface area contributed by atoms with Gasteiger partial charge >= 0.3 is 0 Å². The van der Waals surface area contributed by atoms with Gasteiger partial charge in [0.15, 0.2) is 0 Å². The molecule has 0 spiro atoms. The molecule has 0 radical (unpaired) electrons. The van der Waals surface area contributed by atoms with Gasteiger partial charge in [0.05, 0.1) is 5.70 Å². The van der Waals surface area contributed by atoms with Crippen LogP contribution in [0.2, 0.25) is 5.02 Å². The molecule has 190 valence electrons. The van der Waals surface area contributed by atoms with Crippen molar-refractivity contribution < 1.29 is 14.0 Å². The molecule has 0 saturated carbocycles. The third-order valence-corrected chi connectivity index (χ3v) is 7.51. The van der Waals surface area contributed by atoms with Crippen LogP contribution in [0.15, 0.2) is 94.9 Å². The zero-order valence-corrected chi connectivity index (χ0v) is 21.8. The number of benzene rings is 3. The van der Waals surface area contributed by atoms with Crippen molar-refractivity contribution in [2.45, 2.75) is 0 Å². The van der Waals surface area contributed by atoms with E-state index in [1.807, 2.05) is 52.8 Å². The predicted molar refractivity (Wildman–Crippen MR) is 147 cm³/mol. The van der Waals surface area contributed by atoms with Gasteiger partial charge in [0.25, 0.3) is 11.8 Å². The molecule has 3 aromatic rings. The Bertz CT molecular complexity index is 1490. The van der Waals surface area contributed by atoms with Crippen molar-refractivity contribution in [1.82, 2.24) is 9.80 Å². The zero-order chi connectivity index (χ0) is 26.6. The van der Waals surface area contributed by atoms with Gasteiger partial charge < -0.3 is 14.7 Å². The number of hydrogen-bond donors (Lipinski definition) is 0. The van der Waals surface area contributed by atoms with Crippen molar-refractivity contribution in [3.8, 4) is 6.07 Å². The molecule has 0 aliphatic carbocycles. The quantitative estimate of drug-likeness (QED) is 0.309. The number of thioether (sulfide) groups is 1. The molecule has 0 N–H and O–H groups in total. The van der Waals surface area contributed by atoms with E-state index in [4.69, 9.17) is 11.6 Å². The van der Waals surface area contributed by atoms with Crippen LogP contribution in [-0.2, 0) is 4.79 Å². The molecule has 3 aromatic carbocycles. The maximum absolute atomic E-state index is 13.6. The summed E-state index contributed by atoms with van der Waals surface area (Å²) in [5.41, 5.74) is 2.78. The minimum atomic E-state index is -0.475. The lowest BCUT2D eigenvalue weighted by Gasteiger charge is -2.35. The number of piperazine rings is 1. The number of carbonyl (C=O) groups excluding carboxylic acids is 2. The first-order chi connectivity index (χ1) is 18.5. The first kappa shape index (κ1) is 25.6. The van der Waals surface area contributed by atoms with Crippen LogP contribution in [-0.4, -0.2) is 47.8 Å². The summed E-state index contributed by atoms with van der Waals surface area (Å²) in [7, 11) is 0. The first-order valence-electron chi connectivity index (χ1n) is 11.9. The van der Waals surface area contributed by atoms with E-state index in [2.05, 4.69) is 6.07 Å². The smallest absolute Gasteiger partial charge is 0.267 e. The van der Waals surface area contributed by atoms with Gasteiger partial charge in [0, 0.05) is 47.9 Å². The van der Waals surface area contributed by atoms with E-state index in [0.717, 1.165) is 16.9 Å². The molecule has 9 heteroatoms. The van der Waals surface area contributed by atoms with E-state index < -0.39 is 11.7 Å². The Kier molecular flexibility index (Phi) is 7.50. The number of rotatable bonds is 4. The van der Waals surface area contributed by atoms with Crippen molar-refractivity contribution in [3.05, 3.63) is 117 Å². The monoisotopic (exact) mass is 544 g/mol. The van der Waals surface area contributed by atoms with Gasteiger partial charge in [0.1, 0.15) is 22.5 Å². The SMILES string of the molecule is N#C/C(C(=O)N1CCN(C(=O)c2cccc(F)c2)CC1)=C1/SC=C(c2ccccc2)N1c1cccc(Cl)c1. The molecule has 6 nitrogen and oxygen atoms in total. The van der Waals surface area contributed by atoms with Crippen LogP contribution in [0.5, 0.6) is 0 Å². The zero-order valence-electron chi connectivity index (χ0n) is 20.2. The number of anilines is 1. The van der Waals surface area contributed by atoms with E-state index >= 15 is 0 Å². The molecule has 2 aliphatic rings. The molecule has 2 heterocycles. The molecule has 2 amide bonds. The van der Waals surface area contributed by atoms with Gasteiger partial charge in [-0.15, -0.1) is 0 Å². The summed E-state index contributed by atoms with van der Waals surface area (Å²) in [6, 6.07) is 24.7. The van der Waals surface area contributed by atoms with E-state index in [1.54, 1.807) is 28.0 Å². The fourth-order valence-electron chi connectivity index (χ4n) is 4.44. The molecule has 0 bridgehead atoms. The Morgan fingerprint density at radius 1 is 0.895 bits per heavy atom. The average molecular weight is 545 g/mol. The third-order valence-electron chi connectivity index (χ3n) is 6.33. The molecular formula is C29H22ClFN4O2S. The van der Waals surface area contributed by atoms with E-state index in [-0.39, 0.29) is 43.2 Å². The van der Waals surface area contributed by atoms with Gasteiger partial charge in [-0.3, -0.25) is 9.59 Å². The standard InChI is InChI=1S/C29H22ClFN4O2S/c30-22-9-5-11-24(17-22)35-26(20-6-2-1-3-7-20)19-38-29(35)25(18-32)28(37)34-14-12-33(13-15-34)27(36)21-8-4-10-23(31)16-21/h1-11,16-17,19H,12-15H2/b29-25-. The van der Waals surface area contributed by atoms with E-state index in [0.29, 0.717) is 10.1 Å². The summed E-state index contributed by atoms with van der Waals surface area (Å²) < 4.78 is 13.6. The second-order valence-corrected chi connectivity index (χ2v) is 9.98. The van der Waals surface area contributed by atoms with Gasteiger partial charge in [-0.2, -0.15) is 5.26 Å². The Labute approximate surface area is 229 Å². The highest BCUT2D eigenvalue weighted by Gasteiger charge is 2.33. The van der Waals surface area contributed by atoms with Crippen molar-refractivity contribution in [3.63, 3.8) is 0 Å². The fourth-order valence-corrected chi connectivity index (χ4v) is 5.65. The normalized spacial score (nSPS) is 16.7. The minimum absolute atomic E-state index is 0.0158. The van der Waals surface area contributed by atoms with Gasteiger partial charge in [-0.1, -0.05) is 65.8 Å². The maximum atomic E-state index is 13.6. The van der Waals surface area contributed by atoms with Crippen LogP contribution in [0.1, 0.15) is 15.9 Å². The van der Waals surface area contributed by atoms with Crippen LogP contribution in [0.3, 0.4) is 0 Å². The van der Waals surface area contributed by atoms with Crippen LogP contribution >= 0.6 is 23.4 Å². The van der Waals surface area contributed by atoms with E-state index in [1.165, 1.54) is 30.0 Å². The van der Waals surface area contributed by atoms with Crippen LogP contribution < -0.4 is 4.90 Å². The highest BCUT2D eigenvalue weighted by molar-refractivity contribution is 8.06. The second-order valence-electron chi connectivity index (χ2n) is 8.69. The summed E-state index contributed by atoms with van der Waals surface area (Å²) in [6.07, 6.45) is 0. The number of halogens is 2. The second kappa shape index (κ2) is 11.1. The summed E-state index contributed by atoms with van der Waals surface area (Å²) in [5, 5.41) is 13.1. The lowest BCUT2D eigenvalue weighted by atomic mass is 10.1. The summed E-state index contributed by atoms with van der Waals surface area (Å²) in [6.45, 7) is 1.10. The molecule has 38 heavy (non-hydrogen) atoms. The molecule has 5 rings (SSSR count). The van der Waals surface area contributed by atoms with Gasteiger partial charge in [-0.25, -0.2) is 4.39 Å². The highest BCUT2D eigenvalue weighted by atomic mass is 35.5.